The third-order valence-electron chi connectivity index (χ3n) is 5.94. The molecule has 0 aliphatic carbocycles. The first-order valence-corrected chi connectivity index (χ1v) is 12.6. The SMILES string of the molecule is Cc1ccc2nc(CSc3nc4ccccc4c(=O)n3CCN(C(C)C)C(C)C)cc(=O)n2c1. The van der Waals surface area contributed by atoms with E-state index in [2.05, 4.69) is 37.6 Å². The Kier molecular flexibility index (Phi) is 7.19. The van der Waals surface area contributed by atoms with Gasteiger partial charge >= 0.3 is 0 Å². The molecule has 0 aliphatic rings. The molecule has 0 spiro atoms. The quantitative estimate of drug-likeness (QED) is 0.281. The van der Waals surface area contributed by atoms with Gasteiger partial charge in [0.1, 0.15) is 5.65 Å². The predicted octanol–water partition coefficient (Wildman–Crippen LogP) is 4.12. The fourth-order valence-corrected chi connectivity index (χ4v) is 5.17. The molecule has 0 amide bonds. The summed E-state index contributed by atoms with van der Waals surface area (Å²) in [4.78, 5) is 37.8. The zero-order valence-electron chi connectivity index (χ0n) is 20.4. The summed E-state index contributed by atoms with van der Waals surface area (Å²) < 4.78 is 3.32. The highest BCUT2D eigenvalue weighted by Gasteiger charge is 2.17. The third kappa shape index (κ3) is 5.08. The molecule has 3 aromatic heterocycles. The average molecular weight is 478 g/mol. The van der Waals surface area contributed by atoms with Crippen LogP contribution in [-0.4, -0.2) is 42.5 Å². The minimum atomic E-state index is -0.113. The molecule has 7 nitrogen and oxygen atoms in total. The Labute approximate surface area is 203 Å². The largest absolute Gasteiger partial charge is 0.297 e. The monoisotopic (exact) mass is 477 g/mol. The summed E-state index contributed by atoms with van der Waals surface area (Å²) >= 11 is 1.44. The molecular weight excluding hydrogens is 446 g/mol. The van der Waals surface area contributed by atoms with E-state index >= 15 is 0 Å². The highest BCUT2D eigenvalue weighted by molar-refractivity contribution is 7.98. The summed E-state index contributed by atoms with van der Waals surface area (Å²) in [5.74, 6) is 0.447. The Hall–Kier alpha value is -2.97. The van der Waals surface area contributed by atoms with Gasteiger partial charge in [-0.2, -0.15) is 0 Å². The predicted molar refractivity (Wildman–Crippen MR) is 139 cm³/mol. The average Bonchev–Trinajstić information content (AvgIpc) is 2.79. The normalized spacial score (nSPS) is 12.0. The van der Waals surface area contributed by atoms with Gasteiger partial charge < -0.3 is 0 Å². The van der Waals surface area contributed by atoms with Crippen molar-refractivity contribution >= 4 is 28.3 Å². The molecule has 0 radical (unpaired) electrons. The van der Waals surface area contributed by atoms with Gasteiger partial charge in [-0.15, -0.1) is 0 Å². The summed E-state index contributed by atoms with van der Waals surface area (Å²) in [6, 6.07) is 13.5. The fraction of sp³-hybridized carbons (Fsp3) is 0.385. The van der Waals surface area contributed by atoms with Crippen molar-refractivity contribution in [2.24, 2.45) is 0 Å². The van der Waals surface area contributed by atoms with E-state index in [1.165, 1.54) is 11.8 Å². The number of nitrogens with zero attached hydrogens (tertiary/aromatic N) is 5. The third-order valence-corrected chi connectivity index (χ3v) is 6.95. The number of aryl methyl sites for hydroxylation is 1. The van der Waals surface area contributed by atoms with E-state index in [0.29, 0.717) is 51.8 Å². The minimum Gasteiger partial charge on any atom is -0.297 e. The summed E-state index contributed by atoms with van der Waals surface area (Å²) in [6.45, 7) is 11.9. The molecule has 0 fully saturated rings. The van der Waals surface area contributed by atoms with Gasteiger partial charge in [-0.3, -0.25) is 23.5 Å². The molecule has 8 heteroatoms. The number of thioether (sulfide) groups is 1. The first-order valence-electron chi connectivity index (χ1n) is 11.6. The summed E-state index contributed by atoms with van der Waals surface area (Å²) in [5, 5.41) is 1.26. The maximum atomic E-state index is 13.4. The fourth-order valence-electron chi connectivity index (χ4n) is 4.25. The molecule has 3 heterocycles. The Bertz CT molecular complexity index is 1430. The van der Waals surface area contributed by atoms with Crippen molar-refractivity contribution in [1.29, 1.82) is 0 Å². The lowest BCUT2D eigenvalue weighted by Crippen LogP contribution is -2.40. The highest BCUT2D eigenvalue weighted by atomic mass is 32.2. The standard InChI is InChI=1S/C26H31N5O2S/c1-17(2)29(18(3)4)12-13-30-25(33)21-8-6-7-9-22(21)28-26(30)34-16-20-14-24(32)31-15-19(5)10-11-23(31)27-20/h6-11,14-15,17-18H,12-13,16H2,1-5H3. The number of hydrogen-bond acceptors (Lipinski definition) is 6. The number of pyridine rings is 1. The first kappa shape index (κ1) is 24.2. The lowest BCUT2D eigenvalue weighted by molar-refractivity contribution is 0.166. The molecule has 0 bridgehead atoms. The van der Waals surface area contributed by atoms with E-state index in [1.54, 1.807) is 21.2 Å². The molecule has 0 saturated heterocycles. The Morgan fingerprint density at radius 2 is 1.74 bits per heavy atom. The summed E-state index contributed by atoms with van der Waals surface area (Å²) in [6.07, 6.45) is 1.79. The number of aromatic nitrogens is 4. The smallest absolute Gasteiger partial charge is 0.262 e. The maximum absolute atomic E-state index is 13.4. The molecule has 1 aromatic carbocycles. The Morgan fingerprint density at radius 3 is 2.47 bits per heavy atom. The van der Waals surface area contributed by atoms with Crippen molar-refractivity contribution < 1.29 is 0 Å². The Balaban J connectivity index is 1.68. The molecule has 178 valence electrons. The molecule has 4 aromatic rings. The van der Waals surface area contributed by atoms with Crippen molar-refractivity contribution in [3.63, 3.8) is 0 Å². The van der Waals surface area contributed by atoms with Crippen LogP contribution >= 0.6 is 11.8 Å². The van der Waals surface area contributed by atoms with E-state index in [-0.39, 0.29) is 11.1 Å². The van der Waals surface area contributed by atoms with Crippen molar-refractivity contribution in [3.05, 3.63) is 80.6 Å². The van der Waals surface area contributed by atoms with Crippen LogP contribution in [0.1, 0.15) is 39.0 Å². The zero-order chi connectivity index (χ0) is 24.4. The Morgan fingerprint density at radius 1 is 1.00 bits per heavy atom. The second-order valence-electron chi connectivity index (χ2n) is 9.10. The molecule has 0 unspecified atom stereocenters. The maximum Gasteiger partial charge on any atom is 0.262 e. The van der Waals surface area contributed by atoms with E-state index in [9.17, 15) is 9.59 Å². The summed E-state index contributed by atoms with van der Waals surface area (Å²) in [5.41, 5.74) is 2.80. The van der Waals surface area contributed by atoms with Crippen molar-refractivity contribution in [3.8, 4) is 0 Å². The van der Waals surface area contributed by atoms with Gasteiger partial charge in [-0.25, -0.2) is 9.97 Å². The zero-order valence-corrected chi connectivity index (χ0v) is 21.2. The molecule has 0 N–H and O–H groups in total. The molecular formula is C26H31N5O2S. The van der Waals surface area contributed by atoms with Crippen LogP contribution in [0.25, 0.3) is 16.6 Å². The van der Waals surface area contributed by atoms with Crippen LogP contribution < -0.4 is 11.1 Å². The van der Waals surface area contributed by atoms with Gasteiger partial charge in [0.05, 0.1) is 16.6 Å². The number of fused-ring (bicyclic) bond motifs is 2. The second-order valence-corrected chi connectivity index (χ2v) is 10.0. The van der Waals surface area contributed by atoms with E-state index < -0.39 is 0 Å². The molecule has 34 heavy (non-hydrogen) atoms. The molecule has 0 saturated carbocycles. The van der Waals surface area contributed by atoms with E-state index in [0.717, 1.165) is 12.1 Å². The van der Waals surface area contributed by atoms with E-state index in [4.69, 9.17) is 4.98 Å². The van der Waals surface area contributed by atoms with Gasteiger partial charge in [0.15, 0.2) is 5.16 Å². The first-order chi connectivity index (χ1) is 16.2. The van der Waals surface area contributed by atoms with Crippen LogP contribution in [0, 0.1) is 6.92 Å². The molecule has 0 aliphatic heterocycles. The van der Waals surface area contributed by atoms with Gasteiger partial charge in [-0.1, -0.05) is 30.0 Å². The van der Waals surface area contributed by atoms with Crippen molar-refractivity contribution in [2.75, 3.05) is 6.54 Å². The van der Waals surface area contributed by atoms with E-state index in [1.807, 2.05) is 43.3 Å². The highest BCUT2D eigenvalue weighted by Crippen LogP contribution is 2.22. The topological polar surface area (TPSA) is 72.5 Å². The summed E-state index contributed by atoms with van der Waals surface area (Å²) in [7, 11) is 0. The van der Waals surface area contributed by atoms with Gasteiger partial charge in [0, 0.05) is 43.2 Å². The number of rotatable bonds is 8. The second kappa shape index (κ2) is 10.1. The number of hydrogen-bond donors (Lipinski definition) is 0. The minimum absolute atomic E-state index is 0.0393. The van der Waals surface area contributed by atoms with Gasteiger partial charge in [0.2, 0.25) is 0 Å². The lowest BCUT2D eigenvalue weighted by atomic mass is 10.2. The van der Waals surface area contributed by atoms with Crippen LogP contribution in [-0.2, 0) is 12.3 Å². The molecule has 0 atom stereocenters. The van der Waals surface area contributed by atoms with Crippen LogP contribution in [0.3, 0.4) is 0 Å². The number of para-hydroxylation sites is 1. The van der Waals surface area contributed by atoms with Crippen LogP contribution in [0.4, 0.5) is 0 Å². The van der Waals surface area contributed by atoms with Crippen molar-refractivity contribution in [2.45, 2.75) is 64.2 Å². The van der Waals surface area contributed by atoms with Gasteiger partial charge in [0.25, 0.3) is 11.1 Å². The number of benzene rings is 1. The van der Waals surface area contributed by atoms with Crippen LogP contribution in [0.5, 0.6) is 0 Å². The molecule has 4 rings (SSSR count). The van der Waals surface area contributed by atoms with Crippen LogP contribution in [0.15, 0.2) is 63.4 Å². The van der Waals surface area contributed by atoms with Crippen LogP contribution in [0.2, 0.25) is 0 Å². The van der Waals surface area contributed by atoms with Gasteiger partial charge in [-0.05, 0) is 58.4 Å². The van der Waals surface area contributed by atoms with Crippen molar-refractivity contribution in [1.82, 2.24) is 23.8 Å². The lowest BCUT2D eigenvalue weighted by Gasteiger charge is -2.30.